The summed E-state index contributed by atoms with van der Waals surface area (Å²) in [7, 11) is 3.12. The zero-order chi connectivity index (χ0) is 18.1. The highest BCUT2D eigenvalue weighted by molar-refractivity contribution is 7.07. The van der Waals surface area contributed by atoms with E-state index in [4.69, 9.17) is 4.74 Å². The lowest BCUT2D eigenvalue weighted by molar-refractivity contribution is -0.120. The molecule has 1 N–H and O–H groups in total. The molecule has 128 valence electrons. The van der Waals surface area contributed by atoms with Crippen LogP contribution < -0.4 is 19.5 Å². The molecule has 6 heteroatoms. The van der Waals surface area contributed by atoms with Gasteiger partial charge in [0.1, 0.15) is 4.66 Å². The molecule has 2 rings (SSSR count). The van der Waals surface area contributed by atoms with Crippen molar-refractivity contribution in [2.75, 3.05) is 7.11 Å². The first-order valence-corrected chi connectivity index (χ1v) is 8.26. The highest BCUT2D eigenvalue weighted by Gasteiger charge is 2.19. The lowest BCUT2D eigenvalue weighted by atomic mass is 9.91. The molecule has 0 saturated carbocycles. The molecule has 5 nitrogen and oxygen atoms in total. The van der Waals surface area contributed by atoms with Gasteiger partial charge >= 0.3 is 0 Å². The number of rotatable bonds is 3. The molecule has 1 aromatic heterocycles. The molecule has 0 amide bonds. The number of hydrogen-bond acceptors (Lipinski definition) is 5. The minimum absolute atomic E-state index is 0.00864. The van der Waals surface area contributed by atoms with Crippen LogP contribution in [0.1, 0.15) is 26.3 Å². The molecule has 0 aliphatic rings. The third-order valence-corrected chi connectivity index (χ3v) is 4.67. The second-order valence-corrected chi connectivity index (χ2v) is 7.57. The maximum Gasteiger partial charge on any atom is 0.268 e. The van der Waals surface area contributed by atoms with Gasteiger partial charge in [-0.15, -0.1) is 11.3 Å². The Morgan fingerprint density at radius 2 is 2.00 bits per heavy atom. The van der Waals surface area contributed by atoms with Gasteiger partial charge in [0.2, 0.25) is 0 Å². The maximum absolute atomic E-state index is 12.4. The fourth-order valence-electron chi connectivity index (χ4n) is 1.98. The number of phenols is 1. The predicted octanol–water partition coefficient (Wildman–Crippen LogP) is 1.39. The fourth-order valence-corrected chi connectivity index (χ4v) is 3.01. The largest absolute Gasteiger partial charge is 0.504 e. The number of aromatic nitrogens is 1. The Hall–Kier alpha value is -2.34. The average molecular weight is 347 g/mol. The number of carbonyl (C=O) groups excluding carboxylic acids is 1. The van der Waals surface area contributed by atoms with E-state index in [0.29, 0.717) is 20.5 Å². The molecule has 0 bridgehead atoms. The molecule has 0 saturated heterocycles. The van der Waals surface area contributed by atoms with Crippen molar-refractivity contribution in [2.24, 2.45) is 12.5 Å². The van der Waals surface area contributed by atoms with E-state index in [2.05, 4.69) is 0 Å². The van der Waals surface area contributed by atoms with Crippen molar-refractivity contribution < 1.29 is 14.6 Å². The Balaban J connectivity index is 2.56. The smallest absolute Gasteiger partial charge is 0.268 e. The number of ketones is 1. The van der Waals surface area contributed by atoms with Gasteiger partial charge in [0.25, 0.3) is 5.56 Å². The van der Waals surface area contributed by atoms with Crippen molar-refractivity contribution in [1.82, 2.24) is 4.57 Å². The SMILES string of the molecule is COc1ccc(/C=c2\s/c(=C\C(=O)C(C)(C)C)n(C)c2=O)cc1O. The minimum Gasteiger partial charge on any atom is -0.504 e. The lowest BCUT2D eigenvalue weighted by Crippen LogP contribution is -2.30. The molecule has 0 radical (unpaired) electrons. The van der Waals surface area contributed by atoms with Crippen molar-refractivity contribution in [3.8, 4) is 11.5 Å². The van der Waals surface area contributed by atoms with Crippen molar-refractivity contribution in [2.45, 2.75) is 20.8 Å². The number of aromatic hydroxyl groups is 1. The second-order valence-electron chi connectivity index (χ2n) is 6.50. The summed E-state index contributed by atoms with van der Waals surface area (Å²) in [6.07, 6.45) is 3.19. The van der Waals surface area contributed by atoms with Crippen LogP contribution in [0, 0.1) is 5.41 Å². The van der Waals surface area contributed by atoms with E-state index in [1.165, 1.54) is 35.2 Å². The summed E-state index contributed by atoms with van der Waals surface area (Å²) in [6.45, 7) is 5.51. The van der Waals surface area contributed by atoms with Crippen molar-refractivity contribution in [1.29, 1.82) is 0 Å². The van der Waals surface area contributed by atoms with Crippen LogP contribution in [0.4, 0.5) is 0 Å². The number of carbonyl (C=O) groups is 1. The molecule has 0 fully saturated rings. The van der Waals surface area contributed by atoms with Gasteiger partial charge in [-0.05, 0) is 23.8 Å². The van der Waals surface area contributed by atoms with Gasteiger partial charge in [-0.1, -0.05) is 26.8 Å². The van der Waals surface area contributed by atoms with Crippen LogP contribution in [-0.4, -0.2) is 22.6 Å². The monoisotopic (exact) mass is 347 g/mol. The van der Waals surface area contributed by atoms with Gasteiger partial charge in [0, 0.05) is 18.5 Å². The maximum atomic E-state index is 12.4. The molecule has 0 unspecified atom stereocenters. The summed E-state index contributed by atoms with van der Waals surface area (Å²) >= 11 is 1.25. The van der Waals surface area contributed by atoms with E-state index in [-0.39, 0.29) is 17.1 Å². The number of methoxy groups -OCH3 is 1. The molecule has 0 aliphatic carbocycles. The highest BCUT2D eigenvalue weighted by Crippen LogP contribution is 2.26. The van der Waals surface area contributed by atoms with E-state index in [0.717, 1.165) is 0 Å². The molecule has 0 aliphatic heterocycles. The first-order valence-electron chi connectivity index (χ1n) is 7.44. The zero-order valence-corrected chi connectivity index (χ0v) is 15.2. The van der Waals surface area contributed by atoms with Gasteiger partial charge in [0.15, 0.2) is 17.3 Å². The van der Waals surface area contributed by atoms with Crippen LogP contribution >= 0.6 is 11.3 Å². The lowest BCUT2D eigenvalue weighted by Gasteiger charge is -2.12. The summed E-state index contributed by atoms with van der Waals surface area (Å²) in [5.41, 5.74) is 0.00955. The normalized spacial score (nSPS) is 13.4. The van der Waals surface area contributed by atoms with E-state index in [1.807, 2.05) is 20.8 Å². The number of Topliss-reactive ketones (excluding diaryl/α,β-unsaturated/α-hetero) is 1. The van der Waals surface area contributed by atoms with Gasteiger partial charge in [-0.2, -0.15) is 0 Å². The van der Waals surface area contributed by atoms with Crippen molar-refractivity contribution in [3.05, 3.63) is 43.3 Å². The first kappa shape index (κ1) is 18.0. The summed E-state index contributed by atoms with van der Waals surface area (Å²) in [6, 6.07) is 4.92. The third kappa shape index (κ3) is 3.76. The molecule has 0 atom stereocenters. The Bertz CT molecular complexity index is 945. The van der Waals surface area contributed by atoms with Crippen LogP contribution in [0.3, 0.4) is 0 Å². The Kier molecular flexibility index (Phi) is 4.99. The molecule has 1 heterocycles. The first-order chi connectivity index (χ1) is 11.1. The van der Waals surface area contributed by atoms with Crippen LogP contribution in [0.15, 0.2) is 23.0 Å². The van der Waals surface area contributed by atoms with E-state index in [9.17, 15) is 14.7 Å². The molecule has 2 aromatic rings. The van der Waals surface area contributed by atoms with Gasteiger partial charge in [0.05, 0.1) is 11.6 Å². The molecular weight excluding hydrogens is 326 g/mol. The summed E-state index contributed by atoms with van der Waals surface area (Å²) < 4.78 is 7.56. The zero-order valence-electron chi connectivity index (χ0n) is 14.4. The molecular formula is C18H21NO4S. The van der Waals surface area contributed by atoms with E-state index >= 15 is 0 Å². The highest BCUT2D eigenvalue weighted by atomic mass is 32.1. The van der Waals surface area contributed by atoms with Crippen LogP contribution in [0.25, 0.3) is 12.2 Å². The number of nitrogens with zero attached hydrogens (tertiary/aromatic N) is 1. The van der Waals surface area contributed by atoms with Crippen LogP contribution in [-0.2, 0) is 11.8 Å². The topological polar surface area (TPSA) is 68.5 Å². The van der Waals surface area contributed by atoms with Gasteiger partial charge in [-0.25, -0.2) is 0 Å². The number of phenolic OH excluding ortho intramolecular Hbond substituents is 1. The Morgan fingerprint density at radius 3 is 2.54 bits per heavy atom. The summed E-state index contributed by atoms with van der Waals surface area (Å²) in [4.78, 5) is 24.5. The van der Waals surface area contributed by atoms with Crippen molar-refractivity contribution in [3.63, 3.8) is 0 Å². The summed E-state index contributed by atoms with van der Waals surface area (Å²) in [5.74, 6) is 0.346. The van der Waals surface area contributed by atoms with E-state index in [1.54, 1.807) is 25.3 Å². The average Bonchev–Trinajstić information content (AvgIpc) is 2.75. The molecule has 24 heavy (non-hydrogen) atoms. The van der Waals surface area contributed by atoms with Crippen LogP contribution in [0.5, 0.6) is 11.5 Å². The Morgan fingerprint density at radius 1 is 1.33 bits per heavy atom. The van der Waals surface area contributed by atoms with Crippen LogP contribution in [0.2, 0.25) is 0 Å². The number of thiazole rings is 1. The number of benzene rings is 1. The van der Waals surface area contributed by atoms with E-state index < -0.39 is 5.41 Å². The molecule has 1 aromatic carbocycles. The Labute approximate surface area is 144 Å². The standard InChI is InChI=1S/C18H21NO4S/c1-18(2,3)15(21)10-16-19(4)17(22)14(24-16)9-11-6-7-13(23-5)12(20)8-11/h6-10,20H,1-5H3/b14-9-,16-10-. The third-order valence-electron chi connectivity index (χ3n) is 3.55. The fraction of sp³-hybridized carbons (Fsp3) is 0.333. The van der Waals surface area contributed by atoms with Gasteiger partial charge < -0.3 is 14.4 Å². The summed E-state index contributed by atoms with van der Waals surface area (Å²) in [5, 5.41) is 9.83. The quantitative estimate of drug-likeness (QED) is 0.911. The number of ether oxygens (including phenoxy) is 1. The number of hydrogen-bond donors (Lipinski definition) is 1. The van der Waals surface area contributed by atoms with Gasteiger partial charge in [-0.3, -0.25) is 9.59 Å². The molecule has 0 spiro atoms. The second kappa shape index (κ2) is 6.65. The predicted molar refractivity (Wildman–Crippen MR) is 96.0 cm³/mol. The van der Waals surface area contributed by atoms with Crippen molar-refractivity contribution >= 4 is 29.3 Å². The minimum atomic E-state index is -0.494.